The van der Waals surface area contributed by atoms with Crippen LogP contribution in [0.1, 0.15) is 18.2 Å². The average Bonchev–Trinajstić information content (AvgIpc) is 2.74. The minimum absolute atomic E-state index is 0.0602. The van der Waals surface area contributed by atoms with Gasteiger partial charge in [0.2, 0.25) is 5.95 Å². The van der Waals surface area contributed by atoms with Crippen molar-refractivity contribution in [2.75, 3.05) is 0 Å². The standard InChI is InChI=1S/C11H9F3N4/c1-7(2)8-6-18(10-15-4-3-5-16-10)17-9(8)11(12,13)14/h3-6H,1H2,2H3. The SMILES string of the molecule is C=C(C)c1cn(-c2ncccn2)nc1C(F)(F)F. The molecule has 0 atom stereocenters. The molecule has 0 amide bonds. The van der Waals surface area contributed by atoms with Crippen LogP contribution in [0.25, 0.3) is 11.5 Å². The molecule has 2 aromatic heterocycles. The second-order valence-electron chi connectivity index (χ2n) is 3.66. The third-order valence-corrected chi connectivity index (χ3v) is 2.20. The Morgan fingerprint density at radius 1 is 1.28 bits per heavy atom. The number of alkyl halides is 3. The largest absolute Gasteiger partial charge is 0.435 e. The molecule has 0 saturated carbocycles. The molecule has 2 rings (SSSR count). The number of hydrogen-bond acceptors (Lipinski definition) is 3. The fourth-order valence-corrected chi connectivity index (χ4v) is 1.41. The summed E-state index contributed by atoms with van der Waals surface area (Å²) in [5.74, 6) is 0.0792. The molecule has 2 aromatic rings. The van der Waals surface area contributed by atoms with Crippen molar-refractivity contribution < 1.29 is 13.2 Å². The fourth-order valence-electron chi connectivity index (χ4n) is 1.41. The van der Waals surface area contributed by atoms with Crippen LogP contribution in [-0.4, -0.2) is 19.7 Å². The van der Waals surface area contributed by atoms with Gasteiger partial charge in [0.1, 0.15) is 0 Å². The summed E-state index contributed by atoms with van der Waals surface area (Å²) in [5, 5.41) is 3.48. The number of allylic oxidation sites excluding steroid dienone is 1. The molecule has 0 fully saturated rings. The lowest BCUT2D eigenvalue weighted by atomic mass is 10.1. The van der Waals surface area contributed by atoms with Gasteiger partial charge in [-0.15, -0.1) is 0 Å². The van der Waals surface area contributed by atoms with E-state index in [-0.39, 0.29) is 17.1 Å². The lowest BCUT2D eigenvalue weighted by Gasteiger charge is -2.04. The Morgan fingerprint density at radius 2 is 1.89 bits per heavy atom. The van der Waals surface area contributed by atoms with Gasteiger partial charge in [0.05, 0.1) is 0 Å². The zero-order valence-corrected chi connectivity index (χ0v) is 9.44. The first-order valence-electron chi connectivity index (χ1n) is 4.99. The van der Waals surface area contributed by atoms with Crippen LogP contribution in [0, 0.1) is 0 Å². The highest BCUT2D eigenvalue weighted by Crippen LogP contribution is 2.33. The number of aromatic nitrogens is 4. The minimum atomic E-state index is -4.53. The summed E-state index contributed by atoms with van der Waals surface area (Å²) >= 11 is 0. The molecule has 18 heavy (non-hydrogen) atoms. The molecular formula is C11H9F3N4. The predicted octanol–water partition coefficient (Wildman–Crippen LogP) is 2.71. The molecular weight excluding hydrogens is 245 g/mol. The van der Waals surface area contributed by atoms with Gasteiger partial charge in [0.25, 0.3) is 0 Å². The summed E-state index contributed by atoms with van der Waals surface area (Å²) < 4.78 is 39.3. The summed E-state index contributed by atoms with van der Waals surface area (Å²) in [6.07, 6.45) is -0.454. The van der Waals surface area contributed by atoms with Crippen LogP contribution in [0.5, 0.6) is 0 Å². The molecule has 94 valence electrons. The lowest BCUT2D eigenvalue weighted by molar-refractivity contribution is -0.141. The maximum atomic E-state index is 12.8. The van der Waals surface area contributed by atoms with Gasteiger partial charge < -0.3 is 0 Å². The van der Waals surface area contributed by atoms with Crippen LogP contribution >= 0.6 is 0 Å². The van der Waals surface area contributed by atoms with E-state index in [2.05, 4.69) is 21.6 Å². The summed E-state index contributed by atoms with van der Waals surface area (Å²) in [5.41, 5.74) is -0.762. The highest BCUT2D eigenvalue weighted by molar-refractivity contribution is 5.63. The van der Waals surface area contributed by atoms with Gasteiger partial charge in [-0.25, -0.2) is 14.6 Å². The number of nitrogens with zero attached hydrogens (tertiary/aromatic N) is 4. The molecule has 7 heteroatoms. The minimum Gasteiger partial charge on any atom is -0.220 e. The van der Waals surface area contributed by atoms with Crippen molar-refractivity contribution in [3.63, 3.8) is 0 Å². The summed E-state index contributed by atoms with van der Waals surface area (Å²) in [6.45, 7) is 5.00. The lowest BCUT2D eigenvalue weighted by Crippen LogP contribution is -2.09. The Hall–Kier alpha value is -2.18. The number of rotatable bonds is 2. The van der Waals surface area contributed by atoms with Crippen LogP contribution in [0.15, 0.2) is 31.2 Å². The smallest absolute Gasteiger partial charge is 0.220 e. The van der Waals surface area contributed by atoms with E-state index >= 15 is 0 Å². The van der Waals surface area contributed by atoms with Crippen LogP contribution in [0.4, 0.5) is 13.2 Å². The topological polar surface area (TPSA) is 43.6 Å². The molecule has 2 heterocycles. The van der Waals surface area contributed by atoms with Crippen molar-refractivity contribution in [3.8, 4) is 5.95 Å². The molecule has 0 aromatic carbocycles. The summed E-state index contributed by atoms with van der Waals surface area (Å²) in [6, 6.07) is 1.57. The van der Waals surface area contributed by atoms with E-state index in [1.807, 2.05) is 0 Å². The van der Waals surface area contributed by atoms with Crippen LogP contribution < -0.4 is 0 Å². The van der Waals surface area contributed by atoms with Gasteiger partial charge in [-0.3, -0.25) is 0 Å². The second-order valence-corrected chi connectivity index (χ2v) is 3.66. The predicted molar refractivity (Wildman–Crippen MR) is 58.9 cm³/mol. The van der Waals surface area contributed by atoms with Crippen LogP contribution in [-0.2, 0) is 6.18 Å². The molecule has 0 spiro atoms. The molecule has 0 bridgehead atoms. The maximum absolute atomic E-state index is 12.8. The highest BCUT2D eigenvalue weighted by atomic mass is 19.4. The molecule has 0 unspecified atom stereocenters. The van der Waals surface area contributed by atoms with Crippen molar-refractivity contribution >= 4 is 5.57 Å². The van der Waals surface area contributed by atoms with E-state index in [0.29, 0.717) is 0 Å². The first-order chi connectivity index (χ1) is 8.39. The fraction of sp³-hybridized carbons (Fsp3) is 0.182. The van der Waals surface area contributed by atoms with Gasteiger partial charge in [0, 0.05) is 24.2 Å². The van der Waals surface area contributed by atoms with Crippen molar-refractivity contribution in [2.45, 2.75) is 13.1 Å². The van der Waals surface area contributed by atoms with Crippen molar-refractivity contribution in [3.05, 3.63) is 42.5 Å². The molecule has 0 radical (unpaired) electrons. The van der Waals surface area contributed by atoms with E-state index in [1.165, 1.54) is 25.5 Å². The monoisotopic (exact) mass is 254 g/mol. The van der Waals surface area contributed by atoms with Gasteiger partial charge in [-0.05, 0) is 18.6 Å². The summed E-state index contributed by atoms with van der Waals surface area (Å²) in [7, 11) is 0. The Morgan fingerprint density at radius 3 is 2.33 bits per heavy atom. The Labute approximate surface area is 101 Å². The van der Waals surface area contributed by atoms with Crippen LogP contribution in [0.2, 0.25) is 0 Å². The van der Waals surface area contributed by atoms with Gasteiger partial charge in [0.15, 0.2) is 5.69 Å². The van der Waals surface area contributed by atoms with E-state index in [0.717, 1.165) is 4.68 Å². The van der Waals surface area contributed by atoms with E-state index in [1.54, 1.807) is 6.07 Å². The molecule has 0 aliphatic rings. The first kappa shape index (κ1) is 12.3. The Bertz CT molecular complexity index is 572. The summed E-state index contributed by atoms with van der Waals surface area (Å²) in [4.78, 5) is 7.67. The average molecular weight is 254 g/mol. The Kier molecular flexibility index (Phi) is 2.90. The quantitative estimate of drug-likeness (QED) is 0.827. The molecule has 0 aliphatic carbocycles. The van der Waals surface area contributed by atoms with Gasteiger partial charge >= 0.3 is 6.18 Å². The molecule has 0 N–H and O–H groups in total. The third kappa shape index (κ3) is 2.24. The van der Waals surface area contributed by atoms with E-state index in [4.69, 9.17) is 0 Å². The first-order valence-corrected chi connectivity index (χ1v) is 4.99. The maximum Gasteiger partial charge on any atom is 0.435 e. The highest BCUT2D eigenvalue weighted by Gasteiger charge is 2.37. The van der Waals surface area contributed by atoms with E-state index < -0.39 is 11.9 Å². The van der Waals surface area contributed by atoms with Crippen molar-refractivity contribution in [1.29, 1.82) is 0 Å². The van der Waals surface area contributed by atoms with Crippen LogP contribution in [0.3, 0.4) is 0 Å². The number of hydrogen-bond donors (Lipinski definition) is 0. The van der Waals surface area contributed by atoms with Gasteiger partial charge in [-0.1, -0.05) is 6.58 Å². The molecule has 4 nitrogen and oxygen atoms in total. The third-order valence-electron chi connectivity index (χ3n) is 2.20. The Balaban J connectivity index is 2.57. The number of halogens is 3. The van der Waals surface area contributed by atoms with E-state index in [9.17, 15) is 13.2 Å². The van der Waals surface area contributed by atoms with Crippen molar-refractivity contribution in [1.82, 2.24) is 19.7 Å². The zero-order valence-electron chi connectivity index (χ0n) is 9.44. The second kappa shape index (κ2) is 4.25. The molecule has 0 saturated heterocycles. The van der Waals surface area contributed by atoms with Crippen molar-refractivity contribution in [2.24, 2.45) is 0 Å². The normalized spacial score (nSPS) is 11.6. The van der Waals surface area contributed by atoms with Gasteiger partial charge in [-0.2, -0.15) is 18.3 Å². The zero-order chi connectivity index (χ0) is 13.3. The molecule has 0 aliphatic heterocycles.